The number of carboxylic acid groups (broad SMARTS) is 1. The van der Waals surface area contributed by atoms with E-state index in [0.29, 0.717) is 6.54 Å². The quantitative estimate of drug-likeness (QED) is 0.554. The summed E-state index contributed by atoms with van der Waals surface area (Å²) in [6.45, 7) is 4.60. The number of rotatable bonds is 0. The van der Waals surface area contributed by atoms with Gasteiger partial charge in [-0.15, -0.1) is 6.42 Å². The van der Waals surface area contributed by atoms with E-state index in [2.05, 4.69) is 5.92 Å². The molecule has 1 fully saturated rings. The highest BCUT2D eigenvalue weighted by Crippen LogP contribution is 2.33. The second-order valence-electron chi connectivity index (χ2n) is 3.96. The molecule has 12 heavy (non-hydrogen) atoms. The first-order valence-corrected chi connectivity index (χ1v) is 3.92. The van der Waals surface area contributed by atoms with Gasteiger partial charge in [0.2, 0.25) is 0 Å². The van der Waals surface area contributed by atoms with Crippen LogP contribution in [0.15, 0.2) is 0 Å². The van der Waals surface area contributed by atoms with Gasteiger partial charge in [0, 0.05) is 6.54 Å². The first-order chi connectivity index (χ1) is 5.46. The Morgan fingerprint density at radius 3 is 2.67 bits per heavy atom. The van der Waals surface area contributed by atoms with Crippen LogP contribution in [0, 0.1) is 17.8 Å². The molecule has 0 radical (unpaired) electrons. The first-order valence-electron chi connectivity index (χ1n) is 3.92. The monoisotopic (exact) mass is 167 g/mol. The van der Waals surface area contributed by atoms with Crippen molar-refractivity contribution in [1.29, 1.82) is 0 Å². The first kappa shape index (κ1) is 8.92. The zero-order valence-electron chi connectivity index (χ0n) is 7.37. The highest BCUT2D eigenvalue weighted by atomic mass is 16.4. The molecule has 1 aliphatic heterocycles. The van der Waals surface area contributed by atoms with Crippen molar-refractivity contribution in [1.82, 2.24) is 4.90 Å². The minimum atomic E-state index is -0.913. The molecule has 0 aliphatic carbocycles. The van der Waals surface area contributed by atoms with Crippen molar-refractivity contribution in [3.05, 3.63) is 0 Å². The number of carbonyl (C=O) groups is 1. The predicted octanol–water partition coefficient (Wildman–Crippen LogP) is 1.40. The van der Waals surface area contributed by atoms with Gasteiger partial charge in [0.15, 0.2) is 0 Å². The third kappa shape index (κ3) is 1.53. The van der Waals surface area contributed by atoms with Gasteiger partial charge < -0.3 is 5.11 Å². The summed E-state index contributed by atoms with van der Waals surface area (Å²) in [6, 6.07) is -0.238. The van der Waals surface area contributed by atoms with E-state index in [4.69, 9.17) is 11.5 Å². The van der Waals surface area contributed by atoms with Gasteiger partial charge in [0.05, 0.1) is 6.04 Å². The summed E-state index contributed by atoms with van der Waals surface area (Å²) in [7, 11) is 0. The van der Waals surface area contributed by atoms with Crippen molar-refractivity contribution in [3.63, 3.8) is 0 Å². The third-order valence-electron chi connectivity index (χ3n) is 2.16. The van der Waals surface area contributed by atoms with Crippen LogP contribution in [0.4, 0.5) is 4.79 Å². The molecule has 66 valence electrons. The van der Waals surface area contributed by atoms with Gasteiger partial charge >= 0.3 is 6.09 Å². The van der Waals surface area contributed by atoms with Crippen LogP contribution in [-0.2, 0) is 0 Å². The summed E-state index contributed by atoms with van der Waals surface area (Å²) >= 11 is 0. The standard InChI is InChI=1S/C9H13NO2/c1-4-7-5-9(2,3)6-10(7)8(11)12/h1,7H,5-6H2,2-3H3,(H,11,12)/t7-/m0/s1. The van der Waals surface area contributed by atoms with Crippen LogP contribution in [0.3, 0.4) is 0 Å². The van der Waals surface area contributed by atoms with Gasteiger partial charge in [-0.3, -0.25) is 4.90 Å². The average molecular weight is 167 g/mol. The maximum Gasteiger partial charge on any atom is 0.408 e. The highest BCUT2D eigenvalue weighted by Gasteiger charge is 2.38. The van der Waals surface area contributed by atoms with Crippen molar-refractivity contribution in [2.24, 2.45) is 5.41 Å². The van der Waals surface area contributed by atoms with Crippen molar-refractivity contribution < 1.29 is 9.90 Å². The lowest BCUT2D eigenvalue weighted by Crippen LogP contribution is -2.33. The fourth-order valence-electron chi connectivity index (χ4n) is 1.62. The smallest absolute Gasteiger partial charge is 0.408 e. The second-order valence-corrected chi connectivity index (χ2v) is 3.96. The summed E-state index contributed by atoms with van der Waals surface area (Å²) in [6.07, 6.45) is 5.07. The Kier molecular flexibility index (Phi) is 2.01. The highest BCUT2D eigenvalue weighted by molar-refractivity contribution is 5.66. The molecule has 1 aliphatic rings. The fraction of sp³-hybridized carbons (Fsp3) is 0.667. The molecule has 1 rings (SSSR count). The molecule has 0 aromatic rings. The van der Waals surface area contributed by atoms with E-state index in [0.717, 1.165) is 6.42 Å². The summed E-state index contributed by atoms with van der Waals surface area (Å²) in [5.74, 6) is 2.50. The molecule has 0 unspecified atom stereocenters. The van der Waals surface area contributed by atoms with Gasteiger partial charge in [-0.05, 0) is 11.8 Å². The molecule has 1 heterocycles. The van der Waals surface area contributed by atoms with Gasteiger partial charge in [0.25, 0.3) is 0 Å². The Bertz CT molecular complexity index is 239. The van der Waals surface area contributed by atoms with Crippen LogP contribution in [0.25, 0.3) is 0 Å². The summed E-state index contributed by atoms with van der Waals surface area (Å²) in [5, 5.41) is 8.78. The molecule has 1 amide bonds. The minimum Gasteiger partial charge on any atom is -0.465 e. The Morgan fingerprint density at radius 2 is 2.33 bits per heavy atom. The molecule has 3 nitrogen and oxygen atoms in total. The SMILES string of the molecule is C#C[C@H]1CC(C)(C)CN1C(=O)O. The zero-order chi connectivity index (χ0) is 9.35. The number of terminal acetylenes is 1. The van der Waals surface area contributed by atoms with Gasteiger partial charge in [-0.2, -0.15) is 0 Å². The zero-order valence-corrected chi connectivity index (χ0v) is 7.37. The molecule has 0 aromatic carbocycles. The molecular weight excluding hydrogens is 154 g/mol. The minimum absolute atomic E-state index is 0.0232. The maximum atomic E-state index is 10.7. The fourth-order valence-corrected chi connectivity index (χ4v) is 1.62. The van der Waals surface area contributed by atoms with E-state index < -0.39 is 6.09 Å². The number of likely N-dealkylation sites (tertiary alicyclic amines) is 1. The number of nitrogens with zero attached hydrogens (tertiary/aromatic N) is 1. The summed E-state index contributed by atoms with van der Waals surface area (Å²) in [5.41, 5.74) is 0.0232. The molecular formula is C9H13NO2. The Labute approximate surface area is 72.4 Å². The van der Waals surface area contributed by atoms with Crippen LogP contribution in [0.2, 0.25) is 0 Å². The van der Waals surface area contributed by atoms with Crippen molar-refractivity contribution in [3.8, 4) is 12.3 Å². The second kappa shape index (κ2) is 2.71. The largest absolute Gasteiger partial charge is 0.465 e. The van der Waals surface area contributed by atoms with Crippen molar-refractivity contribution in [2.45, 2.75) is 26.3 Å². The van der Waals surface area contributed by atoms with Gasteiger partial charge in [-0.25, -0.2) is 4.79 Å². The lowest BCUT2D eigenvalue weighted by atomic mass is 9.91. The maximum absolute atomic E-state index is 10.7. The normalized spacial score (nSPS) is 26.8. The Hall–Kier alpha value is -1.17. The molecule has 1 atom stereocenters. The van der Waals surface area contributed by atoms with Crippen LogP contribution in [0.5, 0.6) is 0 Å². The average Bonchev–Trinajstić information content (AvgIpc) is 2.25. The van der Waals surface area contributed by atoms with Crippen LogP contribution >= 0.6 is 0 Å². The molecule has 1 N–H and O–H groups in total. The molecule has 1 saturated heterocycles. The molecule has 0 aromatic heterocycles. The van der Waals surface area contributed by atoms with E-state index >= 15 is 0 Å². The molecule has 0 bridgehead atoms. The predicted molar refractivity (Wildman–Crippen MR) is 45.7 cm³/mol. The lowest BCUT2D eigenvalue weighted by molar-refractivity contribution is 0.144. The van der Waals surface area contributed by atoms with Gasteiger partial charge in [-0.1, -0.05) is 19.8 Å². The summed E-state index contributed by atoms with van der Waals surface area (Å²) < 4.78 is 0. The summed E-state index contributed by atoms with van der Waals surface area (Å²) in [4.78, 5) is 12.0. The number of hydrogen-bond donors (Lipinski definition) is 1. The van der Waals surface area contributed by atoms with Crippen molar-refractivity contribution in [2.75, 3.05) is 6.54 Å². The van der Waals surface area contributed by atoms with E-state index in [-0.39, 0.29) is 11.5 Å². The van der Waals surface area contributed by atoms with Crippen LogP contribution in [-0.4, -0.2) is 28.7 Å². The molecule has 0 saturated carbocycles. The third-order valence-corrected chi connectivity index (χ3v) is 2.16. The number of amides is 1. The van der Waals surface area contributed by atoms with E-state index in [1.807, 2.05) is 13.8 Å². The topological polar surface area (TPSA) is 40.5 Å². The Balaban J connectivity index is 2.78. The van der Waals surface area contributed by atoms with Crippen LogP contribution < -0.4 is 0 Å². The number of hydrogen-bond acceptors (Lipinski definition) is 1. The lowest BCUT2D eigenvalue weighted by Gasteiger charge is -2.17. The van der Waals surface area contributed by atoms with E-state index in [1.165, 1.54) is 4.90 Å². The van der Waals surface area contributed by atoms with Crippen LogP contribution in [0.1, 0.15) is 20.3 Å². The van der Waals surface area contributed by atoms with E-state index in [1.54, 1.807) is 0 Å². The van der Waals surface area contributed by atoms with Gasteiger partial charge in [0.1, 0.15) is 0 Å². The molecule has 0 spiro atoms. The van der Waals surface area contributed by atoms with E-state index in [9.17, 15) is 4.79 Å². The molecule has 3 heteroatoms. The van der Waals surface area contributed by atoms with Crippen molar-refractivity contribution >= 4 is 6.09 Å². The Morgan fingerprint density at radius 1 is 1.75 bits per heavy atom.